The van der Waals surface area contributed by atoms with E-state index in [1.54, 1.807) is 0 Å². The molecule has 3 aromatic carbocycles. The first-order chi connectivity index (χ1) is 14.5. The molecule has 30 heavy (non-hydrogen) atoms. The van der Waals surface area contributed by atoms with Gasteiger partial charge in [-0.25, -0.2) is 4.98 Å². The third kappa shape index (κ3) is 4.10. The number of aliphatic hydroxyl groups excluding tert-OH is 1. The summed E-state index contributed by atoms with van der Waals surface area (Å²) in [6.07, 6.45) is 0.0535. The van der Waals surface area contributed by atoms with Gasteiger partial charge in [-0.3, -0.25) is 0 Å². The molecule has 0 radical (unpaired) electrons. The molecule has 0 fully saturated rings. The van der Waals surface area contributed by atoms with E-state index >= 15 is 0 Å². The first-order valence-corrected chi connectivity index (χ1v) is 10.4. The molecule has 1 unspecified atom stereocenters. The van der Waals surface area contributed by atoms with E-state index in [9.17, 15) is 5.11 Å². The molecule has 154 valence electrons. The monoisotopic (exact) mass is 400 g/mol. The maximum Gasteiger partial charge on any atom is 0.143 e. The molecule has 4 rings (SSSR count). The number of aromatic nitrogens is 2. The zero-order valence-corrected chi connectivity index (χ0v) is 17.8. The fourth-order valence-corrected chi connectivity index (χ4v) is 3.75. The summed E-state index contributed by atoms with van der Waals surface area (Å²) in [6.45, 7) is 7.59. The van der Waals surface area contributed by atoms with Crippen LogP contribution in [0.1, 0.15) is 40.6 Å². The third-order valence-corrected chi connectivity index (χ3v) is 5.63. The van der Waals surface area contributed by atoms with Gasteiger partial charge in [0, 0.05) is 6.54 Å². The number of para-hydroxylation sites is 1. The number of aryl methyl sites for hydroxylation is 4. The standard InChI is InChI=1S/C26H28N2O2/c1-18-10-7-8-13-24(18)30-15-9-14-28-23-17-20(3)19(2)16-22(23)27-26(28)25(29)21-11-5-4-6-12-21/h4-8,10-13,16-17,25,29H,9,14-15H2,1-3H3. The molecule has 1 aromatic heterocycles. The zero-order valence-electron chi connectivity index (χ0n) is 17.8. The van der Waals surface area contributed by atoms with E-state index in [1.807, 2.05) is 48.5 Å². The van der Waals surface area contributed by atoms with E-state index in [-0.39, 0.29) is 0 Å². The Labute approximate surface area is 177 Å². The Morgan fingerprint density at radius 1 is 0.900 bits per heavy atom. The lowest BCUT2D eigenvalue weighted by Crippen LogP contribution is -2.12. The number of benzene rings is 3. The Morgan fingerprint density at radius 3 is 2.37 bits per heavy atom. The van der Waals surface area contributed by atoms with Crippen molar-refractivity contribution in [1.82, 2.24) is 9.55 Å². The number of aliphatic hydroxyl groups is 1. The SMILES string of the molecule is Cc1cc2nc(C(O)c3ccccc3)n(CCCOc3ccccc3C)c2cc1C. The number of ether oxygens (including phenoxy) is 1. The molecule has 4 aromatic rings. The normalized spacial score (nSPS) is 12.3. The minimum Gasteiger partial charge on any atom is -0.493 e. The number of hydrogen-bond donors (Lipinski definition) is 1. The highest BCUT2D eigenvalue weighted by molar-refractivity contribution is 5.78. The van der Waals surface area contributed by atoms with Crippen LogP contribution >= 0.6 is 0 Å². The molecule has 0 aliphatic carbocycles. The first-order valence-electron chi connectivity index (χ1n) is 10.4. The number of imidazole rings is 1. The highest BCUT2D eigenvalue weighted by Crippen LogP contribution is 2.28. The summed E-state index contributed by atoms with van der Waals surface area (Å²) in [6, 6.07) is 22.0. The average molecular weight is 401 g/mol. The van der Waals surface area contributed by atoms with Crippen LogP contribution in [-0.2, 0) is 6.54 Å². The molecule has 0 aliphatic heterocycles. The predicted molar refractivity (Wildman–Crippen MR) is 121 cm³/mol. The second-order valence-electron chi connectivity index (χ2n) is 7.83. The van der Waals surface area contributed by atoms with E-state index in [0.717, 1.165) is 40.9 Å². The molecule has 1 heterocycles. The number of hydrogen-bond acceptors (Lipinski definition) is 3. The van der Waals surface area contributed by atoms with Crippen LogP contribution in [-0.4, -0.2) is 21.3 Å². The average Bonchev–Trinajstić information content (AvgIpc) is 3.10. The van der Waals surface area contributed by atoms with E-state index in [0.29, 0.717) is 12.4 Å². The minimum atomic E-state index is -0.767. The molecule has 1 atom stereocenters. The largest absolute Gasteiger partial charge is 0.493 e. The Morgan fingerprint density at radius 2 is 1.60 bits per heavy atom. The quantitative estimate of drug-likeness (QED) is 0.416. The molecular weight excluding hydrogens is 372 g/mol. The van der Waals surface area contributed by atoms with E-state index < -0.39 is 6.10 Å². The van der Waals surface area contributed by atoms with Crippen LogP contribution in [0.3, 0.4) is 0 Å². The van der Waals surface area contributed by atoms with Gasteiger partial charge in [0.15, 0.2) is 0 Å². The maximum atomic E-state index is 11.1. The topological polar surface area (TPSA) is 47.3 Å². The van der Waals surface area contributed by atoms with Gasteiger partial charge in [-0.05, 0) is 67.6 Å². The predicted octanol–water partition coefficient (Wildman–Crippen LogP) is 5.51. The lowest BCUT2D eigenvalue weighted by atomic mass is 10.1. The summed E-state index contributed by atoms with van der Waals surface area (Å²) in [5.41, 5.74) is 6.38. The van der Waals surface area contributed by atoms with Gasteiger partial charge >= 0.3 is 0 Å². The third-order valence-electron chi connectivity index (χ3n) is 5.63. The number of fused-ring (bicyclic) bond motifs is 1. The molecule has 1 N–H and O–H groups in total. The van der Waals surface area contributed by atoms with E-state index in [1.165, 1.54) is 11.1 Å². The van der Waals surface area contributed by atoms with Crippen molar-refractivity contribution >= 4 is 11.0 Å². The molecular formula is C26H28N2O2. The molecule has 4 heteroatoms. The summed E-state index contributed by atoms with van der Waals surface area (Å²) >= 11 is 0. The Hall–Kier alpha value is -3.11. The number of nitrogens with zero attached hydrogens (tertiary/aromatic N) is 2. The van der Waals surface area contributed by atoms with Crippen molar-refractivity contribution in [2.75, 3.05) is 6.61 Å². The van der Waals surface area contributed by atoms with Gasteiger partial charge in [0.1, 0.15) is 17.7 Å². The molecule has 0 saturated carbocycles. The van der Waals surface area contributed by atoms with Crippen molar-refractivity contribution in [3.05, 3.63) is 94.8 Å². The van der Waals surface area contributed by atoms with Crippen LogP contribution in [0.4, 0.5) is 0 Å². The van der Waals surface area contributed by atoms with Crippen molar-refractivity contribution in [3.8, 4) is 5.75 Å². The Kier molecular flexibility index (Phi) is 5.86. The van der Waals surface area contributed by atoms with Crippen LogP contribution in [0.5, 0.6) is 5.75 Å². The van der Waals surface area contributed by atoms with Gasteiger partial charge in [0.05, 0.1) is 17.6 Å². The van der Waals surface area contributed by atoms with Crippen LogP contribution in [0.25, 0.3) is 11.0 Å². The summed E-state index contributed by atoms with van der Waals surface area (Å²) in [5, 5.41) is 11.1. The summed E-state index contributed by atoms with van der Waals surface area (Å²) in [7, 11) is 0. The van der Waals surface area contributed by atoms with Crippen molar-refractivity contribution in [1.29, 1.82) is 0 Å². The molecule has 0 saturated heterocycles. The highest BCUT2D eigenvalue weighted by atomic mass is 16.5. The second-order valence-corrected chi connectivity index (χ2v) is 7.83. The fraction of sp³-hybridized carbons (Fsp3) is 0.269. The molecule has 4 nitrogen and oxygen atoms in total. The van der Waals surface area contributed by atoms with E-state index in [4.69, 9.17) is 9.72 Å². The van der Waals surface area contributed by atoms with Crippen LogP contribution < -0.4 is 4.74 Å². The maximum absolute atomic E-state index is 11.1. The van der Waals surface area contributed by atoms with Crippen LogP contribution in [0.15, 0.2) is 66.7 Å². The van der Waals surface area contributed by atoms with E-state index in [2.05, 4.69) is 43.5 Å². The smallest absolute Gasteiger partial charge is 0.143 e. The van der Waals surface area contributed by atoms with Crippen LogP contribution in [0, 0.1) is 20.8 Å². The first kappa shape index (κ1) is 20.2. The molecule has 0 bridgehead atoms. The van der Waals surface area contributed by atoms with Gasteiger partial charge < -0.3 is 14.4 Å². The Bertz CT molecular complexity index is 1150. The van der Waals surface area contributed by atoms with Crippen molar-refractivity contribution < 1.29 is 9.84 Å². The van der Waals surface area contributed by atoms with Crippen molar-refractivity contribution in [2.24, 2.45) is 0 Å². The molecule has 0 spiro atoms. The highest BCUT2D eigenvalue weighted by Gasteiger charge is 2.20. The van der Waals surface area contributed by atoms with Gasteiger partial charge in [-0.15, -0.1) is 0 Å². The summed E-state index contributed by atoms with van der Waals surface area (Å²) in [5.74, 6) is 1.60. The molecule has 0 aliphatic rings. The van der Waals surface area contributed by atoms with Gasteiger partial charge in [0.2, 0.25) is 0 Å². The lowest BCUT2D eigenvalue weighted by molar-refractivity contribution is 0.203. The summed E-state index contributed by atoms with van der Waals surface area (Å²) in [4.78, 5) is 4.81. The second kappa shape index (κ2) is 8.72. The number of rotatable bonds is 7. The van der Waals surface area contributed by atoms with Gasteiger partial charge in [-0.1, -0.05) is 48.5 Å². The molecule has 0 amide bonds. The Balaban J connectivity index is 1.61. The van der Waals surface area contributed by atoms with Gasteiger partial charge in [-0.2, -0.15) is 0 Å². The zero-order chi connectivity index (χ0) is 21.1. The summed E-state index contributed by atoms with van der Waals surface area (Å²) < 4.78 is 8.12. The van der Waals surface area contributed by atoms with Gasteiger partial charge in [0.25, 0.3) is 0 Å². The minimum absolute atomic E-state index is 0.607. The van der Waals surface area contributed by atoms with Crippen molar-refractivity contribution in [3.63, 3.8) is 0 Å². The fourth-order valence-electron chi connectivity index (χ4n) is 3.75. The lowest BCUT2D eigenvalue weighted by Gasteiger charge is -2.15. The van der Waals surface area contributed by atoms with Crippen molar-refractivity contribution in [2.45, 2.75) is 39.8 Å². The van der Waals surface area contributed by atoms with Crippen LogP contribution in [0.2, 0.25) is 0 Å².